The van der Waals surface area contributed by atoms with Crippen molar-refractivity contribution in [1.29, 1.82) is 0 Å². The topological polar surface area (TPSA) is 52.3 Å². The minimum absolute atomic E-state index is 0.169. The smallest absolute Gasteiger partial charge is 0.333 e. The maximum absolute atomic E-state index is 11.5. The Labute approximate surface area is 131 Å². The highest BCUT2D eigenvalue weighted by molar-refractivity contribution is 5.88. The van der Waals surface area contributed by atoms with Crippen LogP contribution in [0.5, 0.6) is 0 Å². The van der Waals surface area contributed by atoms with Crippen LogP contribution in [0.2, 0.25) is 0 Å². The van der Waals surface area contributed by atoms with E-state index in [1.165, 1.54) is 51.4 Å². The molecule has 0 bridgehead atoms. The van der Waals surface area contributed by atoms with E-state index in [0.29, 0.717) is 12.2 Å². The maximum Gasteiger partial charge on any atom is 0.333 e. The molecule has 0 radical (unpaired) electrons. The number of hydrogen-bond donors (Lipinski definition) is 1. The van der Waals surface area contributed by atoms with Crippen LogP contribution in [-0.2, 0) is 9.53 Å². The summed E-state index contributed by atoms with van der Waals surface area (Å²) >= 11 is 0. The van der Waals surface area contributed by atoms with E-state index < -0.39 is 0 Å². The molecule has 0 saturated carbocycles. The van der Waals surface area contributed by atoms with Crippen LogP contribution in [0.15, 0.2) is 12.2 Å². The van der Waals surface area contributed by atoms with E-state index in [1.54, 1.807) is 0 Å². The Morgan fingerprint density at radius 3 is 1.76 bits per heavy atom. The van der Waals surface area contributed by atoms with Crippen molar-refractivity contribution in [2.24, 2.45) is 11.7 Å². The van der Waals surface area contributed by atoms with Gasteiger partial charge < -0.3 is 10.5 Å². The van der Waals surface area contributed by atoms with Gasteiger partial charge in [0.25, 0.3) is 0 Å². The minimum atomic E-state index is -0.234. The fourth-order valence-corrected chi connectivity index (χ4v) is 2.15. The molecule has 3 heteroatoms. The fraction of sp³-hybridized carbons (Fsp3) is 0.833. The third-order valence-electron chi connectivity index (χ3n) is 3.79. The zero-order valence-electron chi connectivity index (χ0n) is 14.2. The van der Waals surface area contributed by atoms with Crippen molar-refractivity contribution in [3.63, 3.8) is 0 Å². The minimum Gasteiger partial charge on any atom is -0.462 e. The molecule has 0 spiro atoms. The summed E-state index contributed by atoms with van der Waals surface area (Å²) < 4.78 is 5.20. The molecule has 0 unspecified atom stereocenters. The number of rotatable bonds is 14. The zero-order chi connectivity index (χ0) is 15.9. The van der Waals surface area contributed by atoms with Crippen LogP contribution in [-0.4, -0.2) is 19.1 Å². The molecule has 0 fully saturated rings. The van der Waals surface area contributed by atoms with Crippen molar-refractivity contribution in [1.82, 2.24) is 0 Å². The van der Waals surface area contributed by atoms with E-state index in [-0.39, 0.29) is 11.9 Å². The van der Waals surface area contributed by atoms with Gasteiger partial charge in [-0.2, -0.15) is 0 Å². The summed E-state index contributed by atoms with van der Waals surface area (Å²) in [7, 11) is 0. The SMILES string of the molecule is C=C(C(=O)OCCCCCCCCCCCCN)C(C)C. The highest BCUT2D eigenvalue weighted by Gasteiger charge is 2.11. The molecule has 124 valence electrons. The van der Waals surface area contributed by atoms with Gasteiger partial charge in [0.2, 0.25) is 0 Å². The second-order valence-electron chi connectivity index (χ2n) is 6.14. The number of ether oxygens (including phenoxy) is 1. The number of hydrogen-bond acceptors (Lipinski definition) is 3. The van der Waals surface area contributed by atoms with Gasteiger partial charge in [-0.3, -0.25) is 0 Å². The van der Waals surface area contributed by atoms with Gasteiger partial charge in [-0.25, -0.2) is 4.79 Å². The van der Waals surface area contributed by atoms with Gasteiger partial charge in [0.05, 0.1) is 6.61 Å². The molecule has 2 N–H and O–H groups in total. The van der Waals surface area contributed by atoms with Gasteiger partial charge in [0.15, 0.2) is 0 Å². The first kappa shape index (κ1) is 20.2. The first-order chi connectivity index (χ1) is 10.1. The lowest BCUT2D eigenvalue weighted by molar-refractivity contribution is -0.139. The van der Waals surface area contributed by atoms with Crippen LogP contribution in [0.1, 0.15) is 78.1 Å². The average Bonchev–Trinajstić information content (AvgIpc) is 2.47. The molecule has 0 aromatic rings. The Hall–Kier alpha value is -0.830. The van der Waals surface area contributed by atoms with E-state index in [1.807, 2.05) is 13.8 Å². The van der Waals surface area contributed by atoms with Crippen LogP contribution in [0.25, 0.3) is 0 Å². The lowest BCUT2D eigenvalue weighted by Gasteiger charge is -2.09. The van der Waals surface area contributed by atoms with E-state index in [2.05, 4.69) is 6.58 Å². The van der Waals surface area contributed by atoms with Crippen LogP contribution < -0.4 is 5.73 Å². The molecular formula is C18H35NO2. The second kappa shape index (κ2) is 14.1. The molecule has 0 aromatic carbocycles. The summed E-state index contributed by atoms with van der Waals surface area (Å²) in [5, 5.41) is 0. The van der Waals surface area contributed by atoms with E-state index in [9.17, 15) is 4.79 Å². The Morgan fingerprint density at radius 2 is 1.33 bits per heavy atom. The Bertz CT molecular complexity index is 274. The molecule has 0 amide bonds. The second-order valence-corrected chi connectivity index (χ2v) is 6.14. The van der Waals surface area contributed by atoms with Crippen molar-refractivity contribution in [2.75, 3.05) is 13.2 Å². The molecule has 0 heterocycles. The summed E-state index contributed by atoms with van der Waals surface area (Å²) in [6, 6.07) is 0. The summed E-state index contributed by atoms with van der Waals surface area (Å²) in [4.78, 5) is 11.5. The largest absolute Gasteiger partial charge is 0.462 e. The average molecular weight is 297 g/mol. The first-order valence-electron chi connectivity index (χ1n) is 8.65. The number of carbonyl (C=O) groups excluding carboxylic acids is 1. The molecule has 3 nitrogen and oxygen atoms in total. The number of nitrogens with two attached hydrogens (primary N) is 1. The molecule has 0 aliphatic carbocycles. The van der Waals surface area contributed by atoms with Crippen LogP contribution in [0.4, 0.5) is 0 Å². The monoisotopic (exact) mass is 297 g/mol. The van der Waals surface area contributed by atoms with Crippen molar-refractivity contribution >= 4 is 5.97 Å². The summed E-state index contributed by atoms with van der Waals surface area (Å²) in [5.74, 6) is -0.0650. The van der Waals surface area contributed by atoms with Crippen molar-refractivity contribution in [3.8, 4) is 0 Å². The lowest BCUT2D eigenvalue weighted by atomic mass is 10.1. The van der Waals surface area contributed by atoms with Gasteiger partial charge in [-0.05, 0) is 25.3 Å². The molecule has 0 saturated heterocycles. The maximum atomic E-state index is 11.5. The van der Waals surface area contributed by atoms with E-state index >= 15 is 0 Å². The van der Waals surface area contributed by atoms with Crippen LogP contribution in [0, 0.1) is 5.92 Å². The van der Waals surface area contributed by atoms with Crippen LogP contribution >= 0.6 is 0 Å². The quantitative estimate of drug-likeness (QED) is 0.289. The highest BCUT2D eigenvalue weighted by atomic mass is 16.5. The van der Waals surface area contributed by atoms with E-state index in [0.717, 1.165) is 19.4 Å². The first-order valence-corrected chi connectivity index (χ1v) is 8.65. The Balaban J connectivity index is 3.22. The van der Waals surface area contributed by atoms with Gasteiger partial charge in [0, 0.05) is 5.57 Å². The molecule has 0 atom stereocenters. The summed E-state index contributed by atoms with van der Waals surface area (Å²) in [6.45, 7) is 9.02. The van der Waals surface area contributed by atoms with Crippen molar-refractivity contribution < 1.29 is 9.53 Å². The van der Waals surface area contributed by atoms with Gasteiger partial charge in [0.1, 0.15) is 0 Å². The van der Waals surface area contributed by atoms with Crippen molar-refractivity contribution in [3.05, 3.63) is 12.2 Å². The Kier molecular flexibility index (Phi) is 13.6. The molecule has 0 rings (SSSR count). The van der Waals surface area contributed by atoms with Crippen molar-refractivity contribution in [2.45, 2.75) is 78.1 Å². The predicted molar refractivity (Wildman–Crippen MR) is 90.2 cm³/mol. The van der Waals surface area contributed by atoms with Crippen LogP contribution in [0.3, 0.4) is 0 Å². The number of esters is 1. The third-order valence-corrected chi connectivity index (χ3v) is 3.79. The van der Waals surface area contributed by atoms with Gasteiger partial charge >= 0.3 is 5.97 Å². The molecule has 0 aliphatic heterocycles. The molecule has 0 aliphatic rings. The summed E-state index contributed by atoms with van der Waals surface area (Å²) in [6.07, 6.45) is 12.4. The summed E-state index contributed by atoms with van der Waals surface area (Å²) in [5.41, 5.74) is 6.04. The highest BCUT2D eigenvalue weighted by Crippen LogP contribution is 2.11. The Morgan fingerprint density at radius 1 is 0.905 bits per heavy atom. The predicted octanol–water partition coefficient (Wildman–Crippen LogP) is 4.60. The lowest BCUT2D eigenvalue weighted by Crippen LogP contribution is -2.12. The molecule has 0 aromatic heterocycles. The van der Waals surface area contributed by atoms with Gasteiger partial charge in [-0.15, -0.1) is 0 Å². The number of unbranched alkanes of at least 4 members (excludes halogenated alkanes) is 9. The van der Waals surface area contributed by atoms with Gasteiger partial charge in [-0.1, -0.05) is 71.8 Å². The normalized spacial score (nSPS) is 10.9. The standard InChI is InChI=1S/C18H35NO2/c1-16(2)17(3)18(20)21-15-13-11-9-7-5-4-6-8-10-12-14-19/h16H,3-15,19H2,1-2H3. The number of carbonyl (C=O) groups is 1. The molecule has 21 heavy (non-hydrogen) atoms. The molecular weight excluding hydrogens is 262 g/mol. The van der Waals surface area contributed by atoms with E-state index in [4.69, 9.17) is 10.5 Å². The zero-order valence-corrected chi connectivity index (χ0v) is 14.2. The fourth-order valence-electron chi connectivity index (χ4n) is 2.15. The third kappa shape index (κ3) is 12.6.